The van der Waals surface area contributed by atoms with E-state index in [1.807, 2.05) is 24.3 Å². The van der Waals surface area contributed by atoms with Crippen LogP contribution in [-0.2, 0) is 0 Å². The summed E-state index contributed by atoms with van der Waals surface area (Å²) in [6, 6.07) is 7.62. The maximum absolute atomic E-state index is 11.8. The minimum absolute atomic E-state index is 0.0279. The van der Waals surface area contributed by atoms with Crippen LogP contribution >= 0.6 is 38.5 Å². The minimum Gasteiger partial charge on any atom is -0.346 e. The van der Waals surface area contributed by atoms with Crippen LogP contribution in [0.5, 0.6) is 0 Å². The molecule has 0 saturated heterocycles. The molecule has 4 heteroatoms. The molecule has 1 aliphatic carbocycles. The summed E-state index contributed by atoms with van der Waals surface area (Å²) in [6.07, 6.45) is 2.16. The molecule has 0 atom stereocenters. The van der Waals surface area contributed by atoms with Gasteiger partial charge in [0.15, 0.2) is 0 Å². The summed E-state index contributed by atoms with van der Waals surface area (Å²) in [5, 5.41) is 3.91. The van der Waals surface area contributed by atoms with Crippen molar-refractivity contribution in [2.75, 3.05) is 5.33 Å². The number of alkyl halides is 1. The number of hydrogen-bond donors (Lipinski definition) is 1. The molecule has 1 N–H and O–H groups in total. The molecule has 1 aliphatic rings. The van der Waals surface area contributed by atoms with Gasteiger partial charge in [-0.2, -0.15) is 0 Å². The molecule has 1 amide bonds. The van der Waals surface area contributed by atoms with E-state index in [1.54, 1.807) is 0 Å². The molecule has 1 saturated carbocycles. The third kappa shape index (κ3) is 2.72. The molecule has 80 valence electrons. The molecule has 2 rings (SSSR count). The fourth-order valence-corrected chi connectivity index (χ4v) is 2.42. The van der Waals surface area contributed by atoms with Crippen LogP contribution in [0.1, 0.15) is 23.2 Å². The third-order valence-electron chi connectivity index (χ3n) is 2.59. The smallest absolute Gasteiger partial charge is 0.251 e. The van der Waals surface area contributed by atoms with Crippen molar-refractivity contribution in [1.82, 2.24) is 5.32 Å². The molecule has 0 aromatic heterocycles. The Balaban J connectivity index is 2.05. The number of carbonyl (C=O) groups is 1. The van der Waals surface area contributed by atoms with Crippen LogP contribution in [-0.4, -0.2) is 16.8 Å². The second kappa shape index (κ2) is 4.41. The van der Waals surface area contributed by atoms with Crippen molar-refractivity contribution in [3.63, 3.8) is 0 Å². The van der Waals surface area contributed by atoms with Gasteiger partial charge in [0.2, 0.25) is 0 Å². The Morgan fingerprint density at radius 1 is 1.40 bits per heavy atom. The molecular weight excluding hydrogens is 369 g/mol. The van der Waals surface area contributed by atoms with Gasteiger partial charge in [-0.3, -0.25) is 4.79 Å². The Morgan fingerprint density at radius 2 is 2.00 bits per heavy atom. The molecular formula is C11H11BrINO. The molecule has 15 heavy (non-hydrogen) atoms. The second-order valence-electron chi connectivity index (χ2n) is 3.87. The van der Waals surface area contributed by atoms with E-state index in [2.05, 4.69) is 43.8 Å². The molecule has 1 aromatic rings. The lowest BCUT2D eigenvalue weighted by Crippen LogP contribution is -2.38. The minimum atomic E-state index is 0.0279. The predicted molar refractivity (Wildman–Crippen MR) is 72.4 cm³/mol. The van der Waals surface area contributed by atoms with Crippen LogP contribution in [0.4, 0.5) is 0 Å². The van der Waals surface area contributed by atoms with Crippen molar-refractivity contribution in [1.29, 1.82) is 0 Å². The molecule has 1 aromatic carbocycles. The Labute approximate surface area is 111 Å². The topological polar surface area (TPSA) is 29.1 Å². The molecule has 2 nitrogen and oxygen atoms in total. The fraction of sp³-hybridized carbons (Fsp3) is 0.364. The Morgan fingerprint density at radius 3 is 2.47 bits per heavy atom. The fourth-order valence-electron chi connectivity index (χ4n) is 1.36. The summed E-state index contributed by atoms with van der Waals surface area (Å²) in [7, 11) is 0. The van der Waals surface area contributed by atoms with Gasteiger partial charge in [0.25, 0.3) is 5.91 Å². The average Bonchev–Trinajstić information content (AvgIpc) is 2.99. The standard InChI is InChI=1S/C11H11BrINO/c12-7-11(5-6-11)14-10(15)8-1-3-9(13)4-2-8/h1-4H,5-7H2,(H,14,15). The van der Waals surface area contributed by atoms with Gasteiger partial charge < -0.3 is 5.32 Å². The third-order valence-corrected chi connectivity index (χ3v) is 4.39. The maximum Gasteiger partial charge on any atom is 0.251 e. The largest absolute Gasteiger partial charge is 0.346 e. The highest BCUT2D eigenvalue weighted by Crippen LogP contribution is 2.37. The highest BCUT2D eigenvalue weighted by Gasteiger charge is 2.42. The number of nitrogens with one attached hydrogen (secondary N) is 1. The van der Waals surface area contributed by atoms with E-state index in [1.165, 1.54) is 0 Å². The number of benzene rings is 1. The average molecular weight is 380 g/mol. The van der Waals surface area contributed by atoms with Crippen LogP contribution < -0.4 is 5.32 Å². The van der Waals surface area contributed by atoms with Gasteiger partial charge in [0.05, 0.1) is 5.54 Å². The van der Waals surface area contributed by atoms with Crippen LogP contribution in [0, 0.1) is 3.57 Å². The molecule has 0 bridgehead atoms. The van der Waals surface area contributed by atoms with Gasteiger partial charge in [-0.1, -0.05) is 15.9 Å². The van der Waals surface area contributed by atoms with Crippen molar-refractivity contribution in [2.24, 2.45) is 0 Å². The van der Waals surface area contributed by atoms with Crippen molar-refractivity contribution >= 4 is 44.4 Å². The number of hydrogen-bond acceptors (Lipinski definition) is 1. The Hall–Kier alpha value is -0.100. The van der Waals surface area contributed by atoms with E-state index in [4.69, 9.17) is 0 Å². The van der Waals surface area contributed by atoms with E-state index in [0.29, 0.717) is 0 Å². The molecule has 0 heterocycles. The number of carbonyl (C=O) groups excluding carboxylic acids is 1. The summed E-state index contributed by atoms with van der Waals surface area (Å²) in [4.78, 5) is 11.8. The van der Waals surface area contributed by atoms with Crippen LogP contribution in [0.15, 0.2) is 24.3 Å². The number of halogens is 2. The van der Waals surface area contributed by atoms with Crippen molar-refractivity contribution in [2.45, 2.75) is 18.4 Å². The van der Waals surface area contributed by atoms with Crippen molar-refractivity contribution in [3.05, 3.63) is 33.4 Å². The molecule has 0 unspecified atom stereocenters. The number of amides is 1. The SMILES string of the molecule is O=C(NC1(CBr)CC1)c1ccc(I)cc1. The van der Waals surface area contributed by atoms with E-state index in [0.717, 1.165) is 27.3 Å². The summed E-state index contributed by atoms with van der Waals surface area (Å²) in [5.41, 5.74) is 0.766. The Kier molecular flexibility index (Phi) is 3.35. The maximum atomic E-state index is 11.8. The zero-order valence-electron chi connectivity index (χ0n) is 8.09. The first kappa shape index (κ1) is 11.4. The van der Waals surface area contributed by atoms with E-state index < -0.39 is 0 Å². The van der Waals surface area contributed by atoms with Gasteiger partial charge in [-0.25, -0.2) is 0 Å². The quantitative estimate of drug-likeness (QED) is 0.635. The van der Waals surface area contributed by atoms with Gasteiger partial charge in [0, 0.05) is 14.5 Å². The monoisotopic (exact) mass is 379 g/mol. The summed E-state index contributed by atoms with van der Waals surface area (Å²) >= 11 is 5.66. The molecule has 0 radical (unpaired) electrons. The lowest BCUT2D eigenvalue weighted by molar-refractivity contribution is 0.0936. The van der Waals surface area contributed by atoms with Gasteiger partial charge in [0.1, 0.15) is 0 Å². The lowest BCUT2D eigenvalue weighted by atomic mass is 10.2. The van der Waals surface area contributed by atoms with Gasteiger partial charge in [-0.15, -0.1) is 0 Å². The lowest BCUT2D eigenvalue weighted by Gasteiger charge is -2.13. The predicted octanol–water partition coefficient (Wildman–Crippen LogP) is 2.95. The normalized spacial score (nSPS) is 17.2. The first-order valence-corrected chi connectivity index (χ1v) is 6.99. The van der Waals surface area contributed by atoms with Crippen LogP contribution in [0.25, 0.3) is 0 Å². The second-order valence-corrected chi connectivity index (χ2v) is 5.68. The highest BCUT2D eigenvalue weighted by atomic mass is 127. The van der Waals surface area contributed by atoms with E-state index >= 15 is 0 Å². The zero-order valence-corrected chi connectivity index (χ0v) is 11.8. The summed E-state index contributed by atoms with van der Waals surface area (Å²) in [5.74, 6) is 0.0309. The highest BCUT2D eigenvalue weighted by molar-refractivity contribution is 14.1. The molecule has 0 spiro atoms. The summed E-state index contributed by atoms with van der Waals surface area (Å²) in [6.45, 7) is 0. The number of rotatable bonds is 3. The van der Waals surface area contributed by atoms with E-state index in [-0.39, 0.29) is 11.4 Å². The Bertz CT molecular complexity index is 373. The summed E-state index contributed by atoms with van der Waals surface area (Å²) < 4.78 is 1.14. The molecule has 0 aliphatic heterocycles. The zero-order chi connectivity index (χ0) is 10.9. The van der Waals surface area contributed by atoms with Crippen LogP contribution in [0.2, 0.25) is 0 Å². The van der Waals surface area contributed by atoms with Gasteiger partial charge in [-0.05, 0) is 59.7 Å². The van der Waals surface area contributed by atoms with Crippen molar-refractivity contribution in [3.8, 4) is 0 Å². The first-order chi connectivity index (χ1) is 7.15. The first-order valence-electron chi connectivity index (χ1n) is 4.79. The van der Waals surface area contributed by atoms with Gasteiger partial charge >= 0.3 is 0 Å². The molecule has 1 fully saturated rings. The van der Waals surface area contributed by atoms with E-state index in [9.17, 15) is 4.79 Å². The van der Waals surface area contributed by atoms with Crippen molar-refractivity contribution < 1.29 is 4.79 Å². The van der Waals surface area contributed by atoms with Crippen LogP contribution in [0.3, 0.4) is 0 Å².